The van der Waals surface area contributed by atoms with Crippen molar-refractivity contribution in [2.75, 3.05) is 25.6 Å². The molecule has 0 bridgehead atoms. The number of amides is 2. The zero-order valence-electron chi connectivity index (χ0n) is 20.1. The van der Waals surface area contributed by atoms with Crippen LogP contribution < -0.4 is 24.8 Å². The zero-order valence-corrected chi connectivity index (χ0v) is 20.1. The molecule has 2 amide bonds. The molecule has 0 aliphatic carbocycles. The summed E-state index contributed by atoms with van der Waals surface area (Å²) in [5.74, 6) is -0.912. The van der Waals surface area contributed by atoms with Crippen LogP contribution in [0.5, 0.6) is 17.2 Å². The van der Waals surface area contributed by atoms with Crippen molar-refractivity contribution in [3.05, 3.63) is 55.1 Å². The standard InChI is InChI=1S/C25H27N3O8/c1-25(2,9-10-34-17-5-4-6-18(12-17)35-14-22(29)30)28-24(32)23(31)27-16-7-8-19(20(11-16)33-3)21-13-26-15-36-21/h4-8,11-13,15H,9-10,14H2,1-3H3,(H,27,31)(H,28,32)(H,29,30). The van der Waals surface area contributed by atoms with Crippen molar-refractivity contribution >= 4 is 23.5 Å². The van der Waals surface area contributed by atoms with Gasteiger partial charge in [0.1, 0.15) is 17.2 Å². The highest BCUT2D eigenvalue weighted by Gasteiger charge is 2.25. The second-order valence-electron chi connectivity index (χ2n) is 8.33. The van der Waals surface area contributed by atoms with Crippen LogP contribution in [0.1, 0.15) is 20.3 Å². The normalized spacial score (nSPS) is 10.9. The van der Waals surface area contributed by atoms with Crippen LogP contribution >= 0.6 is 0 Å². The Balaban J connectivity index is 1.51. The molecule has 1 aromatic heterocycles. The molecule has 0 aliphatic heterocycles. The van der Waals surface area contributed by atoms with Gasteiger partial charge >= 0.3 is 17.8 Å². The van der Waals surface area contributed by atoms with Crippen LogP contribution in [0.4, 0.5) is 5.69 Å². The summed E-state index contributed by atoms with van der Waals surface area (Å²) in [7, 11) is 1.48. The molecule has 0 atom stereocenters. The molecule has 0 saturated heterocycles. The number of carboxylic acid groups (broad SMARTS) is 1. The first kappa shape index (κ1) is 26.1. The van der Waals surface area contributed by atoms with E-state index in [2.05, 4.69) is 15.6 Å². The molecular formula is C25H27N3O8. The fourth-order valence-electron chi connectivity index (χ4n) is 3.16. The minimum Gasteiger partial charge on any atom is -0.496 e. The average molecular weight is 498 g/mol. The number of ether oxygens (including phenoxy) is 3. The quantitative estimate of drug-likeness (QED) is 0.340. The first-order valence-corrected chi connectivity index (χ1v) is 10.9. The number of aliphatic carboxylic acids is 1. The highest BCUT2D eigenvalue weighted by molar-refractivity contribution is 6.39. The van der Waals surface area contributed by atoms with Gasteiger partial charge in [0.15, 0.2) is 18.8 Å². The first-order chi connectivity index (χ1) is 17.2. The number of methoxy groups -OCH3 is 1. The molecule has 0 unspecified atom stereocenters. The fourth-order valence-corrected chi connectivity index (χ4v) is 3.16. The molecule has 2 aromatic carbocycles. The largest absolute Gasteiger partial charge is 0.496 e. The second kappa shape index (κ2) is 11.7. The molecule has 3 N–H and O–H groups in total. The van der Waals surface area contributed by atoms with Crippen molar-refractivity contribution in [1.82, 2.24) is 10.3 Å². The maximum atomic E-state index is 12.5. The summed E-state index contributed by atoms with van der Waals surface area (Å²) in [6.45, 7) is 3.31. The van der Waals surface area contributed by atoms with Gasteiger partial charge < -0.3 is 34.4 Å². The number of anilines is 1. The Morgan fingerprint density at radius 1 is 1.06 bits per heavy atom. The highest BCUT2D eigenvalue weighted by atomic mass is 16.5. The van der Waals surface area contributed by atoms with Gasteiger partial charge in [-0.3, -0.25) is 9.59 Å². The third-order valence-electron chi connectivity index (χ3n) is 4.98. The Bertz CT molecular complexity index is 1210. The van der Waals surface area contributed by atoms with Crippen molar-refractivity contribution in [2.45, 2.75) is 25.8 Å². The lowest BCUT2D eigenvalue weighted by Crippen LogP contribution is -2.48. The highest BCUT2D eigenvalue weighted by Crippen LogP contribution is 2.32. The van der Waals surface area contributed by atoms with Gasteiger partial charge in [-0.2, -0.15) is 0 Å². The van der Waals surface area contributed by atoms with Crippen LogP contribution in [-0.4, -0.2) is 53.7 Å². The molecule has 0 fully saturated rings. The molecule has 0 saturated carbocycles. The lowest BCUT2D eigenvalue weighted by molar-refractivity contribution is -0.139. The Labute approximate surface area is 207 Å². The SMILES string of the molecule is COc1cc(NC(=O)C(=O)NC(C)(C)CCOc2cccc(OCC(=O)O)c2)ccc1-c1cnco1. The Hall–Kier alpha value is -4.54. The molecular weight excluding hydrogens is 470 g/mol. The van der Waals surface area contributed by atoms with Crippen molar-refractivity contribution in [3.63, 3.8) is 0 Å². The van der Waals surface area contributed by atoms with E-state index in [1.165, 1.54) is 13.5 Å². The van der Waals surface area contributed by atoms with Crippen LogP contribution in [0.15, 0.2) is 59.5 Å². The van der Waals surface area contributed by atoms with Crippen LogP contribution in [0.2, 0.25) is 0 Å². The van der Waals surface area contributed by atoms with Crippen LogP contribution in [0.3, 0.4) is 0 Å². The second-order valence-corrected chi connectivity index (χ2v) is 8.33. The lowest BCUT2D eigenvalue weighted by atomic mass is 10.0. The smallest absolute Gasteiger partial charge is 0.341 e. The summed E-state index contributed by atoms with van der Waals surface area (Å²) in [6.07, 6.45) is 3.24. The van der Waals surface area contributed by atoms with Crippen molar-refractivity contribution in [1.29, 1.82) is 0 Å². The van der Waals surface area contributed by atoms with E-state index >= 15 is 0 Å². The number of carboxylic acids is 1. The zero-order chi connectivity index (χ0) is 26.1. The number of hydrogen-bond donors (Lipinski definition) is 3. The van der Waals surface area contributed by atoms with Crippen molar-refractivity contribution in [2.24, 2.45) is 0 Å². The van der Waals surface area contributed by atoms with E-state index in [-0.39, 0.29) is 6.61 Å². The van der Waals surface area contributed by atoms with E-state index in [1.807, 2.05) is 0 Å². The maximum Gasteiger partial charge on any atom is 0.341 e. The third-order valence-corrected chi connectivity index (χ3v) is 4.98. The minimum absolute atomic E-state index is 0.234. The first-order valence-electron chi connectivity index (χ1n) is 10.9. The number of oxazole rings is 1. The summed E-state index contributed by atoms with van der Waals surface area (Å²) >= 11 is 0. The number of nitrogens with one attached hydrogen (secondary N) is 2. The monoisotopic (exact) mass is 497 g/mol. The van der Waals surface area contributed by atoms with E-state index < -0.39 is 29.9 Å². The topological polar surface area (TPSA) is 149 Å². The number of rotatable bonds is 11. The van der Waals surface area contributed by atoms with E-state index in [0.717, 1.165) is 0 Å². The molecule has 190 valence electrons. The number of carbonyl (C=O) groups is 3. The van der Waals surface area contributed by atoms with E-state index in [4.69, 9.17) is 23.7 Å². The summed E-state index contributed by atoms with van der Waals surface area (Å²) in [6, 6.07) is 11.5. The average Bonchev–Trinajstić information content (AvgIpc) is 3.37. The Morgan fingerprint density at radius 2 is 1.81 bits per heavy atom. The number of aromatic nitrogens is 1. The van der Waals surface area contributed by atoms with Crippen LogP contribution in [0, 0.1) is 0 Å². The van der Waals surface area contributed by atoms with Gasteiger partial charge in [-0.15, -0.1) is 0 Å². The number of nitrogens with zero attached hydrogens (tertiary/aromatic N) is 1. The lowest BCUT2D eigenvalue weighted by Gasteiger charge is -2.26. The molecule has 11 nitrogen and oxygen atoms in total. The molecule has 0 aliphatic rings. The van der Waals surface area contributed by atoms with Gasteiger partial charge in [-0.25, -0.2) is 9.78 Å². The van der Waals surface area contributed by atoms with Crippen LogP contribution in [0.25, 0.3) is 11.3 Å². The van der Waals surface area contributed by atoms with Gasteiger partial charge in [-0.1, -0.05) is 6.07 Å². The van der Waals surface area contributed by atoms with Gasteiger partial charge in [0.05, 0.1) is 25.5 Å². The molecule has 0 spiro atoms. The van der Waals surface area contributed by atoms with Gasteiger partial charge in [-0.05, 0) is 38.1 Å². The summed E-state index contributed by atoms with van der Waals surface area (Å²) < 4.78 is 21.5. The molecule has 3 aromatic rings. The molecule has 1 heterocycles. The molecule has 0 radical (unpaired) electrons. The maximum absolute atomic E-state index is 12.5. The summed E-state index contributed by atoms with van der Waals surface area (Å²) in [5, 5.41) is 14.0. The minimum atomic E-state index is -1.08. The van der Waals surface area contributed by atoms with Crippen LogP contribution in [-0.2, 0) is 14.4 Å². The van der Waals surface area contributed by atoms with E-state index in [9.17, 15) is 14.4 Å². The van der Waals surface area contributed by atoms with Crippen molar-refractivity contribution in [3.8, 4) is 28.6 Å². The predicted molar refractivity (Wildman–Crippen MR) is 129 cm³/mol. The van der Waals surface area contributed by atoms with Crippen molar-refractivity contribution < 1.29 is 38.1 Å². The predicted octanol–water partition coefficient (Wildman–Crippen LogP) is 3.12. The Kier molecular flexibility index (Phi) is 8.50. The fraction of sp³-hybridized carbons (Fsp3) is 0.280. The molecule has 36 heavy (non-hydrogen) atoms. The van der Waals surface area contributed by atoms with Gasteiger partial charge in [0, 0.05) is 29.8 Å². The van der Waals surface area contributed by atoms with Gasteiger partial charge in [0.25, 0.3) is 0 Å². The Morgan fingerprint density at radius 3 is 2.47 bits per heavy atom. The summed E-state index contributed by atoms with van der Waals surface area (Å²) in [4.78, 5) is 39.5. The summed E-state index contributed by atoms with van der Waals surface area (Å²) in [5.41, 5.74) is 0.277. The third kappa shape index (κ3) is 7.49. The molecule has 11 heteroatoms. The van der Waals surface area contributed by atoms with Gasteiger partial charge in [0.2, 0.25) is 0 Å². The number of hydrogen-bond acceptors (Lipinski definition) is 8. The number of benzene rings is 2. The van der Waals surface area contributed by atoms with E-state index in [0.29, 0.717) is 40.7 Å². The van der Waals surface area contributed by atoms with E-state index in [1.54, 1.807) is 62.5 Å². The number of carbonyl (C=O) groups excluding carboxylic acids is 2. The molecule has 3 rings (SSSR count).